The van der Waals surface area contributed by atoms with E-state index in [0.717, 1.165) is 6.42 Å². The van der Waals surface area contributed by atoms with E-state index in [4.69, 9.17) is 0 Å². The number of hydrogen-bond acceptors (Lipinski definition) is 0. The van der Waals surface area contributed by atoms with Crippen molar-refractivity contribution >= 4 is 0 Å². The minimum absolute atomic E-state index is 0. The first-order chi connectivity index (χ1) is 2.27. The van der Waals surface area contributed by atoms with Crippen LogP contribution < -0.4 is 0 Å². The van der Waals surface area contributed by atoms with Crippen molar-refractivity contribution in [3.8, 4) is 0 Å². The van der Waals surface area contributed by atoms with Gasteiger partial charge in [-0.3, -0.25) is 0 Å². The van der Waals surface area contributed by atoms with Crippen LogP contribution in [-0.2, 0) is 98.1 Å². The van der Waals surface area contributed by atoms with Crippen LogP contribution in [0.15, 0.2) is 0 Å². The van der Waals surface area contributed by atoms with Crippen LogP contribution in [0.5, 0.6) is 0 Å². The van der Waals surface area contributed by atoms with Gasteiger partial charge in [-0.25, -0.2) is 6.42 Å². The molecule has 0 aliphatic heterocycles. The van der Waals surface area contributed by atoms with Crippen LogP contribution in [0, 0.1) is 34.1 Å². The van der Waals surface area contributed by atoms with Crippen molar-refractivity contribution in [2.75, 3.05) is 0 Å². The van der Waals surface area contributed by atoms with E-state index in [1.165, 1.54) is 0 Å². The molecular weight excluding hydrogens is 339 g/mol. The summed E-state index contributed by atoms with van der Waals surface area (Å²) < 4.78 is 0. The molecule has 0 nitrogen and oxygen atoms in total. The van der Waals surface area contributed by atoms with Crippen molar-refractivity contribution in [1.82, 2.24) is 0 Å². The topological polar surface area (TPSA) is 0 Å². The first-order valence-corrected chi connectivity index (χ1v) is 1.72. The van der Waals surface area contributed by atoms with Gasteiger partial charge in [-0.15, -0.1) is 0 Å². The Morgan fingerprint density at radius 3 is 1.11 bits per heavy atom. The molecule has 0 aromatic carbocycles. The third kappa shape index (κ3) is 34.8. The van der Waals surface area contributed by atoms with E-state index in [1.54, 1.807) is 0 Å². The van der Waals surface area contributed by atoms with Crippen LogP contribution in [0.25, 0.3) is 0 Å². The van der Waals surface area contributed by atoms with Crippen LogP contribution >= 0.6 is 0 Å². The van der Waals surface area contributed by atoms with E-state index in [1.807, 2.05) is 0 Å². The second-order valence-corrected chi connectivity index (χ2v) is 1.15. The quantitative estimate of drug-likeness (QED) is 0.634. The first-order valence-electron chi connectivity index (χ1n) is 1.72. The molecule has 3 heteroatoms. The average molecular weight is 351 g/mol. The fourth-order valence-corrected chi connectivity index (χ4v) is 0. The zero-order chi connectivity index (χ0) is 4.28. The normalized spacial score (nSPS) is 5.33. The van der Waals surface area contributed by atoms with Crippen LogP contribution in [-0.4, -0.2) is 0 Å². The Kier molecular flexibility index (Phi) is 73.7. The maximum Gasteiger partial charge on any atom is 0 e. The third-order valence-corrected chi connectivity index (χ3v) is 0.408. The molecule has 0 amide bonds. The van der Waals surface area contributed by atoms with E-state index < -0.39 is 0 Å². The SMILES string of the molecule is [CH2-]CC([CH2-])[CH2-].[CH3-].[Y].[Y].[Y]. The minimum Gasteiger partial charge on any atom is -0.372 e. The second kappa shape index (κ2) is 22.5. The molecule has 0 heterocycles. The van der Waals surface area contributed by atoms with Gasteiger partial charge in [-0.05, 0) is 0 Å². The Morgan fingerprint density at radius 2 is 1.11 bits per heavy atom. The van der Waals surface area contributed by atoms with Gasteiger partial charge >= 0.3 is 0 Å². The standard InChI is InChI=1S/C5H9.CH3.3Y/c1-4-5(2)3;;;;/h5H,1-4H2;1H3;;;/q-3;-1;;;. The van der Waals surface area contributed by atoms with Gasteiger partial charge in [0, 0.05) is 98.1 Å². The summed E-state index contributed by atoms with van der Waals surface area (Å²) in [5.41, 5.74) is 0. The molecule has 0 rings (SSSR count). The molecule has 0 fully saturated rings. The third-order valence-electron chi connectivity index (χ3n) is 0.408. The van der Waals surface area contributed by atoms with Crippen molar-refractivity contribution in [2.45, 2.75) is 6.42 Å². The summed E-state index contributed by atoms with van der Waals surface area (Å²) >= 11 is 0. The molecule has 0 unspecified atom stereocenters. The van der Waals surface area contributed by atoms with Crippen molar-refractivity contribution in [1.29, 1.82) is 0 Å². The molecule has 0 aromatic rings. The van der Waals surface area contributed by atoms with Crippen LogP contribution in [0.3, 0.4) is 0 Å². The monoisotopic (exact) mass is 351 g/mol. The Labute approximate surface area is 136 Å². The van der Waals surface area contributed by atoms with E-state index in [0.29, 0.717) is 0 Å². The smallest absolute Gasteiger partial charge is 0 e. The molecule has 0 saturated heterocycles. The summed E-state index contributed by atoms with van der Waals surface area (Å²) in [7, 11) is 0. The molecule has 0 aliphatic carbocycles. The van der Waals surface area contributed by atoms with E-state index >= 15 is 0 Å². The Hall–Kier alpha value is 3.31. The molecule has 0 N–H and O–H groups in total. The van der Waals surface area contributed by atoms with E-state index in [-0.39, 0.29) is 111 Å². The molecule has 9 heavy (non-hydrogen) atoms. The maximum atomic E-state index is 3.58. The van der Waals surface area contributed by atoms with Gasteiger partial charge in [-0.2, -0.15) is 0 Å². The van der Waals surface area contributed by atoms with E-state index in [2.05, 4.69) is 20.8 Å². The van der Waals surface area contributed by atoms with Gasteiger partial charge in [0.1, 0.15) is 0 Å². The molecule has 0 saturated carbocycles. The van der Waals surface area contributed by atoms with Gasteiger partial charge in [0.25, 0.3) is 0 Å². The summed E-state index contributed by atoms with van der Waals surface area (Å²) in [6.07, 6.45) is 0.833. The van der Waals surface area contributed by atoms with E-state index in [9.17, 15) is 0 Å². The Morgan fingerprint density at radius 1 is 1.00 bits per heavy atom. The van der Waals surface area contributed by atoms with Crippen molar-refractivity contribution in [3.63, 3.8) is 0 Å². The number of hydrogen-bond donors (Lipinski definition) is 0. The second-order valence-electron chi connectivity index (χ2n) is 1.15. The minimum atomic E-state index is 0. The molecular formula is C6H12Y3-4. The van der Waals surface area contributed by atoms with Crippen LogP contribution in [0.4, 0.5) is 0 Å². The van der Waals surface area contributed by atoms with Crippen molar-refractivity contribution in [2.24, 2.45) is 5.92 Å². The fourth-order valence-electron chi connectivity index (χ4n) is 0. The largest absolute Gasteiger partial charge is 0.372 e. The number of rotatable bonds is 1. The summed E-state index contributed by atoms with van der Waals surface area (Å²) in [4.78, 5) is 0. The van der Waals surface area contributed by atoms with Crippen molar-refractivity contribution < 1.29 is 98.1 Å². The first kappa shape index (κ1) is 29.5. The predicted molar refractivity (Wildman–Crippen MR) is 30.6 cm³/mol. The maximum absolute atomic E-state index is 3.58. The molecule has 0 aromatic heterocycles. The van der Waals surface area contributed by atoms with Crippen LogP contribution in [0.1, 0.15) is 6.42 Å². The molecule has 0 atom stereocenters. The van der Waals surface area contributed by atoms with Gasteiger partial charge < -0.3 is 34.1 Å². The van der Waals surface area contributed by atoms with Crippen LogP contribution in [0.2, 0.25) is 0 Å². The summed E-state index contributed by atoms with van der Waals surface area (Å²) in [6.45, 7) is 10.7. The van der Waals surface area contributed by atoms with Gasteiger partial charge in [0.05, 0.1) is 0 Å². The predicted octanol–water partition coefficient (Wildman–Crippen LogP) is 1.94. The molecule has 3 radical (unpaired) electrons. The molecule has 0 bridgehead atoms. The van der Waals surface area contributed by atoms with Gasteiger partial charge in [-0.1, -0.05) is 0 Å². The zero-order valence-electron chi connectivity index (χ0n) is 6.14. The average Bonchev–Trinajstić information content (AvgIpc) is 1.38. The Balaban J connectivity index is -0.0000000133. The fraction of sp³-hybridized carbons (Fsp3) is 0.333. The molecule has 49 valence electrons. The van der Waals surface area contributed by atoms with Gasteiger partial charge in [0.2, 0.25) is 0 Å². The van der Waals surface area contributed by atoms with Gasteiger partial charge in [0.15, 0.2) is 0 Å². The summed E-state index contributed by atoms with van der Waals surface area (Å²) in [5.74, 6) is 0.273. The molecule has 0 aliphatic rings. The summed E-state index contributed by atoms with van der Waals surface area (Å²) in [5, 5.41) is 0. The molecule has 0 spiro atoms. The summed E-state index contributed by atoms with van der Waals surface area (Å²) in [6, 6.07) is 0. The van der Waals surface area contributed by atoms with Crippen molar-refractivity contribution in [3.05, 3.63) is 28.2 Å². The Bertz CT molecular complexity index is 22.3. The zero-order valence-corrected chi connectivity index (χ0v) is 14.7.